The molecule has 0 aliphatic heterocycles. The fraction of sp³-hybridized carbons (Fsp3) is 0.737. The molecule has 0 saturated heterocycles. The van der Waals surface area contributed by atoms with Gasteiger partial charge < -0.3 is 14.2 Å². The Balaban J connectivity index is 4.41. The molecular weight excluding hydrogens is 781 g/mol. The highest BCUT2D eigenvalue weighted by Gasteiger charge is 2.19. The first kappa shape index (κ1) is 59.9. The zero-order chi connectivity index (χ0) is 45.8. The molecule has 0 fully saturated rings. The van der Waals surface area contributed by atoms with Gasteiger partial charge in [-0.25, -0.2) is 0 Å². The van der Waals surface area contributed by atoms with Crippen LogP contribution in [0.15, 0.2) is 72.9 Å². The molecule has 0 aliphatic carbocycles. The second kappa shape index (κ2) is 51.5. The molecular formula is C57H98O6. The lowest BCUT2D eigenvalue weighted by Gasteiger charge is -2.18. The number of unbranched alkanes of at least 4 members (excludes halogenated alkanes) is 24. The molecule has 63 heavy (non-hydrogen) atoms. The smallest absolute Gasteiger partial charge is 0.306 e. The van der Waals surface area contributed by atoms with Crippen molar-refractivity contribution in [2.45, 2.75) is 258 Å². The Hall–Kier alpha value is -3.15. The van der Waals surface area contributed by atoms with E-state index in [9.17, 15) is 14.4 Å². The van der Waals surface area contributed by atoms with Crippen LogP contribution >= 0.6 is 0 Å². The predicted molar refractivity (Wildman–Crippen MR) is 270 cm³/mol. The molecule has 0 bridgehead atoms. The van der Waals surface area contributed by atoms with Gasteiger partial charge in [0.2, 0.25) is 0 Å². The molecule has 0 N–H and O–H groups in total. The van der Waals surface area contributed by atoms with E-state index in [1.807, 2.05) is 0 Å². The van der Waals surface area contributed by atoms with Crippen LogP contribution in [0.2, 0.25) is 0 Å². The zero-order valence-electron chi connectivity index (χ0n) is 41.3. The van der Waals surface area contributed by atoms with Crippen molar-refractivity contribution in [3.8, 4) is 0 Å². The van der Waals surface area contributed by atoms with E-state index < -0.39 is 6.10 Å². The van der Waals surface area contributed by atoms with Gasteiger partial charge in [-0.05, 0) is 83.5 Å². The first-order valence-electron chi connectivity index (χ1n) is 26.4. The molecule has 1 unspecified atom stereocenters. The quantitative estimate of drug-likeness (QED) is 0.0262. The summed E-state index contributed by atoms with van der Waals surface area (Å²) in [6, 6.07) is 0. The van der Waals surface area contributed by atoms with E-state index in [1.54, 1.807) is 0 Å². The van der Waals surface area contributed by atoms with E-state index in [2.05, 4.69) is 93.7 Å². The minimum absolute atomic E-state index is 0.0913. The number of hydrogen-bond donors (Lipinski definition) is 0. The van der Waals surface area contributed by atoms with Crippen LogP contribution in [0.25, 0.3) is 0 Å². The van der Waals surface area contributed by atoms with Crippen LogP contribution in [0.4, 0.5) is 0 Å². The fourth-order valence-corrected chi connectivity index (χ4v) is 7.29. The molecule has 0 aromatic carbocycles. The molecule has 6 nitrogen and oxygen atoms in total. The maximum absolute atomic E-state index is 12.8. The Labute approximate surface area is 389 Å². The lowest BCUT2D eigenvalue weighted by Crippen LogP contribution is -2.30. The second-order valence-electron chi connectivity index (χ2n) is 17.4. The van der Waals surface area contributed by atoms with Crippen molar-refractivity contribution in [1.82, 2.24) is 0 Å². The van der Waals surface area contributed by atoms with Crippen molar-refractivity contribution < 1.29 is 28.6 Å². The van der Waals surface area contributed by atoms with Crippen molar-refractivity contribution in [3.05, 3.63) is 72.9 Å². The molecule has 0 aliphatic rings. The monoisotopic (exact) mass is 879 g/mol. The van der Waals surface area contributed by atoms with Crippen molar-refractivity contribution in [3.63, 3.8) is 0 Å². The van der Waals surface area contributed by atoms with Gasteiger partial charge in [-0.3, -0.25) is 14.4 Å². The third-order valence-corrected chi connectivity index (χ3v) is 11.2. The summed E-state index contributed by atoms with van der Waals surface area (Å²) in [6.07, 6.45) is 64.6. The molecule has 0 radical (unpaired) electrons. The zero-order valence-corrected chi connectivity index (χ0v) is 41.3. The SMILES string of the molecule is CC/C=C\C/C=C\C/C=C\C/C=C\CCCCCC(=O)OC(COC(=O)CCCCCCC/C=C\C/C=C\CC)COC(=O)CCCCCCCCCCCCCCCCCCC. The lowest BCUT2D eigenvalue weighted by atomic mass is 10.0. The van der Waals surface area contributed by atoms with Crippen LogP contribution in [-0.2, 0) is 28.6 Å². The van der Waals surface area contributed by atoms with Crippen molar-refractivity contribution in [2.75, 3.05) is 13.2 Å². The fourth-order valence-electron chi connectivity index (χ4n) is 7.29. The van der Waals surface area contributed by atoms with Crippen molar-refractivity contribution in [1.29, 1.82) is 0 Å². The largest absolute Gasteiger partial charge is 0.462 e. The van der Waals surface area contributed by atoms with Crippen molar-refractivity contribution >= 4 is 17.9 Å². The van der Waals surface area contributed by atoms with Crippen LogP contribution in [0.5, 0.6) is 0 Å². The first-order chi connectivity index (χ1) is 31.0. The minimum atomic E-state index is -0.796. The Morgan fingerprint density at radius 2 is 0.619 bits per heavy atom. The van der Waals surface area contributed by atoms with Crippen LogP contribution in [0.1, 0.15) is 252 Å². The summed E-state index contributed by atoms with van der Waals surface area (Å²) >= 11 is 0. The van der Waals surface area contributed by atoms with Gasteiger partial charge in [0.05, 0.1) is 0 Å². The normalized spacial score (nSPS) is 12.6. The third-order valence-electron chi connectivity index (χ3n) is 11.2. The molecule has 0 spiro atoms. The van der Waals surface area contributed by atoms with Crippen LogP contribution < -0.4 is 0 Å². The number of ether oxygens (including phenoxy) is 3. The lowest BCUT2D eigenvalue weighted by molar-refractivity contribution is -0.167. The third kappa shape index (κ3) is 49.7. The number of hydrogen-bond acceptors (Lipinski definition) is 6. The van der Waals surface area contributed by atoms with Gasteiger partial charge in [0, 0.05) is 19.3 Å². The van der Waals surface area contributed by atoms with E-state index in [4.69, 9.17) is 14.2 Å². The summed E-state index contributed by atoms with van der Waals surface area (Å²) in [5, 5.41) is 0. The van der Waals surface area contributed by atoms with Crippen LogP contribution in [0.3, 0.4) is 0 Å². The summed E-state index contributed by atoms with van der Waals surface area (Å²) in [4.78, 5) is 38.0. The summed E-state index contributed by atoms with van der Waals surface area (Å²) < 4.78 is 16.8. The van der Waals surface area contributed by atoms with Gasteiger partial charge in [-0.1, -0.05) is 222 Å². The maximum atomic E-state index is 12.8. The second-order valence-corrected chi connectivity index (χ2v) is 17.4. The molecule has 1 atom stereocenters. The van der Waals surface area contributed by atoms with E-state index in [-0.39, 0.29) is 37.5 Å². The average Bonchev–Trinajstić information content (AvgIpc) is 3.28. The summed E-state index contributed by atoms with van der Waals surface area (Å²) in [6.45, 7) is 6.39. The Bertz CT molecular complexity index is 1190. The summed E-state index contributed by atoms with van der Waals surface area (Å²) in [5.41, 5.74) is 0. The Morgan fingerprint density at radius 3 is 0.984 bits per heavy atom. The van der Waals surface area contributed by atoms with Gasteiger partial charge in [-0.15, -0.1) is 0 Å². The predicted octanol–water partition coefficient (Wildman–Crippen LogP) is 17.4. The number of carbonyl (C=O) groups excluding carboxylic acids is 3. The molecule has 0 heterocycles. The van der Waals surface area contributed by atoms with E-state index in [0.717, 1.165) is 122 Å². The molecule has 0 rings (SSSR count). The van der Waals surface area contributed by atoms with E-state index in [0.29, 0.717) is 12.8 Å². The molecule has 0 aromatic rings. The Morgan fingerprint density at radius 1 is 0.333 bits per heavy atom. The maximum Gasteiger partial charge on any atom is 0.306 e. The average molecular weight is 879 g/mol. The number of esters is 3. The first-order valence-corrected chi connectivity index (χ1v) is 26.4. The number of carbonyl (C=O) groups is 3. The van der Waals surface area contributed by atoms with Gasteiger partial charge in [0.15, 0.2) is 6.10 Å². The molecule has 0 aromatic heterocycles. The minimum Gasteiger partial charge on any atom is -0.462 e. The van der Waals surface area contributed by atoms with Gasteiger partial charge in [-0.2, -0.15) is 0 Å². The van der Waals surface area contributed by atoms with E-state index in [1.165, 1.54) is 89.9 Å². The molecule has 6 heteroatoms. The topological polar surface area (TPSA) is 78.9 Å². The number of rotatable bonds is 47. The standard InChI is InChI=1S/C57H98O6/c1-4-7-10-13-16-19-22-25-27-29-31-32-35-38-41-44-47-50-56(59)62-53-54(52-61-55(58)49-46-43-40-37-34-24-21-18-15-12-9-6-3)63-57(60)51-48-45-42-39-36-33-30-28-26-23-20-17-14-11-8-5-2/h8-9,11-12,17-18,20-21,26,28,33,36,54H,4-7,10,13-16,19,22-25,27,29-32,34-35,37-53H2,1-3H3/b11-8-,12-9-,20-17-,21-18-,28-26-,36-33-. The van der Waals surface area contributed by atoms with Crippen LogP contribution in [-0.4, -0.2) is 37.2 Å². The van der Waals surface area contributed by atoms with Crippen LogP contribution in [0, 0.1) is 0 Å². The highest BCUT2D eigenvalue weighted by molar-refractivity contribution is 5.71. The number of allylic oxidation sites excluding steroid dienone is 12. The van der Waals surface area contributed by atoms with Gasteiger partial charge >= 0.3 is 17.9 Å². The summed E-state index contributed by atoms with van der Waals surface area (Å²) in [5.74, 6) is -0.934. The molecule has 362 valence electrons. The highest BCUT2D eigenvalue weighted by atomic mass is 16.6. The highest BCUT2D eigenvalue weighted by Crippen LogP contribution is 2.15. The van der Waals surface area contributed by atoms with Gasteiger partial charge in [0.25, 0.3) is 0 Å². The molecule has 0 amide bonds. The van der Waals surface area contributed by atoms with E-state index >= 15 is 0 Å². The Kier molecular flexibility index (Phi) is 48.9. The van der Waals surface area contributed by atoms with Crippen molar-refractivity contribution in [2.24, 2.45) is 0 Å². The van der Waals surface area contributed by atoms with Gasteiger partial charge in [0.1, 0.15) is 13.2 Å². The molecule has 0 saturated carbocycles. The summed E-state index contributed by atoms with van der Waals surface area (Å²) in [7, 11) is 0.